The molecule has 0 aliphatic carbocycles. The Labute approximate surface area is 110 Å². The summed E-state index contributed by atoms with van der Waals surface area (Å²) in [5.74, 6) is -1.17. The van der Waals surface area contributed by atoms with E-state index in [9.17, 15) is 14.7 Å². The first-order valence-corrected chi connectivity index (χ1v) is 6.10. The molecule has 2 rings (SSSR count). The number of carboxylic acids is 1. The standard InChI is InChI=1S/C13H16N2O4/c16-11-3-1-2-9(6-11)7-14-13(19)15-5-4-10(8-15)12(17)18/h1-3,6,10,16H,4-5,7-8H2,(H,14,19)(H,17,18). The van der Waals surface area contributed by atoms with E-state index in [1.54, 1.807) is 24.3 Å². The van der Waals surface area contributed by atoms with Gasteiger partial charge in [-0.25, -0.2) is 4.79 Å². The number of urea groups is 1. The number of phenols is 1. The number of aromatic hydroxyl groups is 1. The maximum absolute atomic E-state index is 11.8. The highest BCUT2D eigenvalue weighted by atomic mass is 16.4. The van der Waals surface area contributed by atoms with Gasteiger partial charge in [0.25, 0.3) is 0 Å². The van der Waals surface area contributed by atoms with Crippen molar-refractivity contribution in [1.82, 2.24) is 10.2 Å². The normalized spacial score (nSPS) is 18.3. The number of rotatable bonds is 3. The Balaban J connectivity index is 1.84. The first-order chi connectivity index (χ1) is 9.06. The van der Waals surface area contributed by atoms with Crippen molar-refractivity contribution in [3.8, 4) is 5.75 Å². The minimum absolute atomic E-state index is 0.152. The lowest BCUT2D eigenvalue weighted by molar-refractivity contribution is -0.141. The average molecular weight is 264 g/mol. The molecule has 1 aliphatic rings. The van der Waals surface area contributed by atoms with Crippen LogP contribution in [-0.4, -0.2) is 40.2 Å². The van der Waals surface area contributed by atoms with Crippen LogP contribution in [0.4, 0.5) is 4.79 Å². The number of amides is 2. The molecule has 3 N–H and O–H groups in total. The molecule has 102 valence electrons. The Kier molecular flexibility index (Phi) is 3.89. The molecule has 1 unspecified atom stereocenters. The predicted molar refractivity (Wildman–Crippen MR) is 67.7 cm³/mol. The van der Waals surface area contributed by atoms with Gasteiger partial charge in [-0.3, -0.25) is 4.79 Å². The van der Waals surface area contributed by atoms with Crippen molar-refractivity contribution in [2.45, 2.75) is 13.0 Å². The number of phenolic OH excluding ortho intramolecular Hbond substituents is 1. The molecule has 1 atom stereocenters. The van der Waals surface area contributed by atoms with E-state index < -0.39 is 11.9 Å². The highest BCUT2D eigenvalue weighted by Gasteiger charge is 2.30. The van der Waals surface area contributed by atoms with Gasteiger partial charge in [0.1, 0.15) is 5.75 Å². The average Bonchev–Trinajstić information content (AvgIpc) is 2.86. The molecule has 19 heavy (non-hydrogen) atoms. The Morgan fingerprint density at radius 3 is 2.84 bits per heavy atom. The molecule has 1 aromatic carbocycles. The van der Waals surface area contributed by atoms with Crippen LogP contribution in [0.5, 0.6) is 5.75 Å². The van der Waals surface area contributed by atoms with Gasteiger partial charge in [-0.05, 0) is 24.1 Å². The lowest BCUT2D eigenvalue weighted by Gasteiger charge is -2.16. The van der Waals surface area contributed by atoms with Gasteiger partial charge in [-0.15, -0.1) is 0 Å². The molecule has 6 heteroatoms. The fourth-order valence-electron chi connectivity index (χ4n) is 2.10. The number of hydrogen-bond donors (Lipinski definition) is 3. The van der Waals surface area contributed by atoms with Gasteiger partial charge in [-0.2, -0.15) is 0 Å². The van der Waals surface area contributed by atoms with Crippen LogP contribution in [0.1, 0.15) is 12.0 Å². The predicted octanol–water partition coefficient (Wildman–Crippen LogP) is 1.01. The molecule has 1 aromatic rings. The van der Waals surface area contributed by atoms with E-state index in [-0.39, 0.29) is 18.3 Å². The van der Waals surface area contributed by atoms with Crippen LogP contribution >= 0.6 is 0 Å². The molecule has 1 aliphatic heterocycles. The molecule has 0 saturated carbocycles. The van der Waals surface area contributed by atoms with Crippen molar-refractivity contribution < 1.29 is 19.8 Å². The monoisotopic (exact) mass is 264 g/mol. The van der Waals surface area contributed by atoms with E-state index in [1.807, 2.05) is 0 Å². The van der Waals surface area contributed by atoms with Crippen molar-refractivity contribution in [3.63, 3.8) is 0 Å². The molecule has 1 heterocycles. The zero-order valence-corrected chi connectivity index (χ0v) is 10.4. The third-order valence-corrected chi connectivity index (χ3v) is 3.18. The maximum atomic E-state index is 11.8. The van der Waals surface area contributed by atoms with Crippen LogP contribution in [0.2, 0.25) is 0 Å². The van der Waals surface area contributed by atoms with Crippen LogP contribution < -0.4 is 5.32 Å². The molecule has 1 fully saturated rings. The molecular formula is C13H16N2O4. The number of aliphatic carboxylic acids is 1. The fraction of sp³-hybridized carbons (Fsp3) is 0.385. The zero-order valence-electron chi connectivity index (χ0n) is 10.4. The number of hydrogen-bond acceptors (Lipinski definition) is 3. The number of nitrogens with zero attached hydrogens (tertiary/aromatic N) is 1. The van der Waals surface area contributed by atoms with E-state index >= 15 is 0 Å². The summed E-state index contributed by atoms with van der Waals surface area (Å²) < 4.78 is 0. The lowest BCUT2D eigenvalue weighted by Crippen LogP contribution is -2.38. The molecule has 0 spiro atoms. The number of nitrogens with one attached hydrogen (secondary N) is 1. The summed E-state index contributed by atoms with van der Waals surface area (Å²) in [5, 5.41) is 20.9. The van der Waals surface area contributed by atoms with Crippen molar-refractivity contribution in [2.75, 3.05) is 13.1 Å². The minimum Gasteiger partial charge on any atom is -0.508 e. The fourth-order valence-corrected chi connectivity index (χ4v) is 2.10. The summed E-state index contributed by atoms with van der Waals surface area (Å²) in [4.78, 5) is 24.1. The van der Waals surface area contributed by atoms with Crippen molar-refractivity contribution >= 4 is 12.0 Å². The summed E-state index contributed by atoms with van der Waals surface area (Å²) in [6, 6.07) is 6.36. The van der Waals surface area contributed by atoms with Crippen molar-refractivity contribution in [3.05, 3.63) is 29.8 Å². The van der Waals surface area contributed by atoms with E-state index in [1.165, 1.54) is 4.90 Å². The van der Waals surface area contributed by atoms with Gasteiger partial charge in [0.2, 0.25) is 0 Å². The Bertz CT molecular complexity index is 489. The SMILES string of the molecule is O=C(O)C1CCN(C(=O)NCc2cccc(O)c2)C1. The largest absolute Gasteiger partial charge is 0.508 e. The highest BCUT2D eigenvalue weighted by Crippen LogP contribution is 2.16. The molecule has 0 aromatic heterocycles. The van der Waals surface area contributed by atoms with Gasteiger partial charge in [0.05, 0.1) is 5.92 Å². The molecule has 2 amide bonds. The molecule has 0 radical (unpaired) electrons. The van der Waals surface area contributed by atoms with Gasteiger partial charge >= 0.3 is 12.0 Å². The number of likely N-dealkylation sites (tertiary alicyclic amines) is 1. The van der Waals surface area contributed by atoms with Crippen LogP contribution in [0.3, 0.4) is 0 Å². The quantitative estimate of drug-likeness (QED) is 0.760. The number of carbonyl (C=O) groups is 2. The Morgan fingerprint density at radius 2 is 2.21 bits per heavy atom. The van der Waals surface area contributed by atoms with Gasteiger partial charge in [0, 0.05) is 19.6 Å². The summed E-state index contributed by atoms with van der Waals surface area (Å²) >= 11 is 0. The minimum atomic E-state index is -0.858. The van der Waals surface area contributed by atoms with Gasteiger partial charge in [-0.1, -0.05) is 12.1 Å². The molecular weight excluding hydrogens is 248 g/mol. The second-order valence-corrected chi connectivity index (χ2v) is 4.60. The third kappa shape index (κ3) is 3.37. The third-order valence-electron chi connectivity index (χ3n) is 3.18. The molecule has 6 nitrogen and oxygen atoms in total. The molecule has 1 saturated heterocycles. The van der Waals surface area contributed by atoms with Crippen LogP contribution in [-0.2, 0) is 11.3 Å². The Morgan fingerprint density at radius 1 is 1.42 bits per heavy atom. The second kappa shape index (κ2) is 5.60. The van der Waals surface area contributed by atoms with Crippen molar-refractivity contribution in [2.24, 2.45) is 5.92 Å². The van der Waals surface area contributed by atoms with Crippen LogP contribution in [0.15, 0.2) is 24.3 Å². The van der Waals surface area contributed by atoms with Gasteiger partial charge in [0.15, 0.2) is 0 Å². The highest BCUT2D eigenvalue weighted by molar-refractivity contribution is 5.77. The number of benzene rings is 1. The van der Waals surface area contributed by atoms with Gasteiger partial charge < -0.3 is 20.4 Å². The topological polar surface area (TPSA) is 89.9 Å². The summed E-state index contributed by atoms with van der Waals surface area (Å²) in [7, 11) is 0. The van der Waals surface area contributed by atoms with Crippen LogP contribution in [0.25, 0.3) is 0 Å². The Hall–Kier alpha value is -2.24. The van der Waals surface area contributed by atoms with E-state index in [4.69, 9.17) is 5.11 Å². The number of carboxylic acid groups (broad SMARTS) is 1. The van der Waals surface area contributed by atoms with E-state index in [2.05, 4.69) is 5.32 Å². The first kappa shape index (κ1) is 13.2. The maximum Gasteiger partial charge on any atom is 0.317 e. The second-order valence-electron chi connectivity index (χ2n) is 4.60. The van der Waals surface area contributed by atoms with Crippen molar-refractivity contribution in [1.29, 1.82) is 0 Å². The lowest BCUT2D eigenvalue weighted by atomic mass is 10.1. The summed E-state index contributed by atoms with van der Waals surface area (Å²) in [6.45, 7) is 1.02. The van der Waals surface area contributed by atoms with Crippen LogP contribution in [0, 0.1) is 5.92 Å². The summed E-state index contributed by atoms with van der Waals surface area (Å²) in [5.41, 5.74) is 0.794. The first-order valence-electron chi connectivity index (χ1n) is 6.10. The van der Waals surface area contributed by atoms with E-state index in [0.717, 1.165) is 5.56 Å². The van der Waals surface area contributed by atoms with E-state index in [0.29, 0.717) is 19.5 Å². The summed E-state index contributed by atoms with van der Waals surface area (Å²) in [6.07, 6.45) is 0.495. The zero-order chi connectivity index (χ0) is 13.8. The molecule has 0 bridgehead atoms. The smallest absolute Gasteiger partial charge is 0.317 e. The number of carbonyl (C=O) groups excluding carboxylic acids is 1.